The van der Waals surface area contributed by atoms with Crippen molar-refractivity contribution in [2.75, 3.05) is 0 Å². The number of hydrogen-bond acceptors (Lipinski definition) is 1. The minimum Gasteiger partial charge on any atom is -0.303 e. The maximum absolute atomic E-state index is 10.0. The van der Waals surface area contributed by atoms with Crippen LogP contribution in [0.2, 0.25) is 0 Å². The molecule has 0 bridgehead atoms. The number of aldehydes is 1. The molecule has 0 aromatic carbocycles. The highest BCUT2D eigenvalue weighted by molar-refractivity contribution is 5.48. The molecule has 0 aromatic heterocycles. The fraction of sp³-hybridized carbons (Fsp3) is 0.833. The summed E-state index contributed by atoms with van der Waals surface area (Å²) < 4.78 is 28.6. The van der Waals surface area contributed by atoms with Crippen LogP contribution >= 0.6 is 0 Å². The van der Waals surface area contributed by atoms with E-state index in [-0.39, 0.29) is 6.42 Å². The topological polar surface area (TPSA) is 17.1 Å². The van der Waals surface area contributed by atoms with E-state index in [1.165, 1.54) is 0 Å². The van der Waals surface area contributed by atoms with Crippen LogP contribution in [0.4, 0.5) is 0 Å². The molecule has 42 valence electrons. The largest absolute Gasteiger partial charge is 0.303 e. The molecule has 0 amide bonds. The van der Waals surface area contributed by atoms with Gasteiger partial charge in [0, 0.05) is 11.9 Å². The van der Waals surface area contributed by atoms with Crippen molar-refractivity contribution < 1.29 is 10.3 Å². The van der Waals surface area contributed by atoms with Crippen LogP contribution in [0.5, 0.6) is 0 Å². The van der Waals surface area contributed by atoms with Crippen LogP contribution in [0.25, 0.3) is 0 Å². The molecule has 0 spiro atoms. The number of carbonyl (C=O) groups excluding carboxylic acids is 1. The predicted molar refractivity (Wildman–Crippen MR) is 30.2 cm³/mol. The summed E-state index contributed by atoms with van der Waals surface area (Å²) in [6, 6.07) is 0. The van der Waals surface area contributed by atoms with Crippen molar-refractivity contribution in [2.24, 2.45) is 0 Å². The minimum absolute atomic E-state index is 0.157. The van der Waals surface area contributed by atoms with E-state index >= 15 is 0 Å². The molecule has 1 heteroatoms. The summed E-state index contributed by atoms with van der Waals surface area (Å²) in [4.78, 5) is 10.0. The van der Waals surface area contributed by atoms with E-state index < -0.39 is 19.2 Å². The molecule has 0 aliphatic rings. The number of hydrogen-bond donors (Lipinski definition) is 0. The molecule has 0 N–H and O–H groups in total. The van der Waals surface area contributed by atoms with Crippen molar-refractivity contribution in [3.8, 4) is 0 Å². The summed E-state index contributed by atoms with van der Waals surface area (Å²) in [5.74, 6) is 0. The molecule has 0 heterocycles. The monoisotopic (exact) mass is 104 g/mol. The maximum atomic E-state index is 10.0. The lowest BCUT2D eigenvalue weighted by molar-refractivity contribution is -0.107. The molecule has 0 saturated heterocycles. The summed E-state index contributed by atoms with van der Waals surface area (Å²) in [5.41, 5.74) is 0. The van der Waals surface area contributed by atoms with Gasteiger partial charge in [0.25, 0.3) is 0 Å². The molecule has 2 atom stereocenters. The van der Waals surface area contributed by atoms with E-state index in [0.29, 0.717) is 6.29 Å². The van der Waals surface area contributed by atoms with Gasteiger partial charge in [-0.2, -0.15) is 0 Å². The Balaban J connectivity index is 4.21. The van der Waals surface area contributed by atoms with Gasteiger partial charge in [0.2, 0.25) is 0 Å². The standard InChI is InChI=1S/C6H12O/c1-2-3-4-5-6-7/h6H,2-5H2,1H3/i3D2,4D,5D. The normalized spacial score (nSPS) is 28.1. The second-order valence-electron chi connectivity index (χ2n) is 1.05. The average Bonchev–Trinajstić information content (AvgIpc) is 2.01. The van der Waals surface area contributed by atoms with E-state index in [9.17, 15) is 4.79 Å². The second kappa shape index (κ2) is 5.67. The zero-order valence-electron chi connectivity index (χ0n) is 8.35. The first-order valence-electron chi connectivity index (χ1n) is 4.41. The Morgan fingerprint density at radius 1 is 1.86 bits per heavy atom. The molecule has 0 aromatic rings. The van der Waals surface area contributed by atoms with Crippen LogP contribution in [-0.4, -0.2) is 6.29 Å². The lowest BCUT2D eigenvalue weighted by atomic mass is 10.2. The lowest BCUT2D eigenvalue weighted by Crippen LogP contribution is -1.73. The predicted octanol–water partition coefficient (Wildman–Crippen LogP) is 1.77. The molecule has 0 fully saturated rings. The Hall–Kier alpha value is -0.330. The lowest BCUT2D eigenvalue weighted by Gasteiger charge is -1.85. The fourth-order valence-electron chi connectivity index (χ4n) is 0.225. The van der Waals surface area contributed by atoms with Gasteiger partial charge < -0.3 is 4.79 Å². The van der Waals surface area contributed by atoms with Crippen LogP contribution in [0, 0.1) is 0 Å². The van der Waals surface area contributed by atoms with E-state index in [2.05, 4.69) is 0 Å². The van der Waals surface area contributed by atoms with Gasteiger partial charge in [-0.3, -0.25) is 0 Å². The fourth-order valence-corrected chi connectivity index (χ4v) is 0.225. The summed E-state index contributed by atoms with van der Waals surface area (Å²) in [6.45, 7) is 1.60. The molecule has 0 radical (unpaired) electrons. The summed E-state index contributed by atoms with van der Waals surface area (Å²) >= 11 is 0. The van der Waals surface area contributed by atoms with Crippen LogP contribution in [0.3, 0.4) is 0 Å². The van der Waals surface area contributed by atoms with Gasteiger partial charge in [-0.1, -0.05) is 19.7 Å². The molecule has 0 rings (SSSR count). The van der Waals surface area contributed by atoms with Crippen LogP contribution in [0.1, 0.15) is 38.0 Å². The van der Waals surface area contributed by atoms with Crippen LogP contribution in [-0.2, 0) is 4.79 Å². The average molecular weight is 104 g/mol. The molecule has 0 saturated carbocycles. The number of rotatable bonds is 4. The van der Waals surface area contributed by atoms with Crippen molar-refractivity contribution in [3.05, 3.63) is 0 Å². The molecule has 0 aliphatic carbocycles. The maximum Gasteiger partial charge on any atom is 0.119 e. The third-order valence-corrected chi connectivity index (χ3v) is 0.497. The zero-order chi connectivity index (χ0) is 9.07. The van der Waals surface area contributed by atoms with Crippen molar-refractivity contribution in [1.29, 1.82) is 0 Å². The summed E-state index contributed by atoms with van der Waals surface area (Å²) in [7, 11) is 0. The van der Waals surface area contributed by atoms with E-state index in [0.717, 1.165) is 0 Å². The molecule has 0 aliphatic heterocycles. The highest BCUT2D eigenvalue weighted by Crippen LogP contribution is 1.94. The van der Waals surface area contributed by atoms with Gasteiger partial charge in [-0.25, -0.2) is 0 Å². The van der Waals surface area contributed by atoms with E-state index in [1.54, 1.807) is 6.92 Å². The Bertz CT molecular complexity index is 137. The first-order valence-corrected chi connectivity index (χ1v) is 2.25. The van der Waals surface area contributed by atoms with Gasteiger partial charge in [-0.15, -0.1) is 0 Å². The Labute approximate surface area is 50.3 Å². The van der Waals surface area contributed by atoms with Crippen molar-refractivity contribution in [3.63, 3.8) is 0 Å². The molecule has 7 heavy (non-hydrogen) atoms. The van der Waals surface area contributed by atoms with Gasteiger partial charge in [0.15, 0.2) is 0 Å². The quantitative estimate of drug-likeness (QED) is 0.497. The van der Waals surface area contributed by atoms with Gasteiger partial charge >= 0.3 is 0 Å². The van der Waals surface area contributed by atoms with Gasteiger partial charge in [-0.05, 0) is 6.40 Å². The molecular formula is C6H12O. The van der Waals surface area contributed by atoms with E-state index in [4.69, 9.17) is 5.48 Å². The highest BCUT2D eigenvalue weighted by atomic mass is 16.1. The minimum atomic E-state index is -1.73. The smallest absolute Gasteiger partial charge is 0.119 e. The molecular weight excluding hydrogens is 88.1 g/mol. The first kappa shape index (κ1) is 2.29. The highest BCUT2D eigenvalue weighted by Gasteiger charge is 1.80. The Kier molecular flexibility index (Phi) is 1.86. The third-order valence-electron chi connectivity index (χ3n) is 0.497. The van der Waals surface area contributed by atoms with Gasteiger partial charge in [0.05, 0.1) is 0 Å². The van der Waals surface area contributed by atoms with Gasteiger partial charge in [0.1, 0.15) is 6.29 Å². The number of carbonyl (C=O) groups is 1. The van der Waals surface area contributed by atoms with Crippen molar-refractivity contribution >= 4 is 6.29 Å². The Morgan fingerprint density at radius 3 is 3.00 bits per heavy atom. The zero-order valence-corrected chi connectivity index (χ0v) is 4.35. The SMILES string of the molecule is [2H]C(C=O)C([2H])C([2H])([2H])CC. The van der Waals surface area contributed by atoms with Crippen LogP contribution < -0.4 is 0 Å². The Morgan fingerprint density at radius 2 is 2.57 bits per heavy atom. The van der Waals surface area contributed by atoms with Crippen molar-refractivity contribution in [1.82, 2.24) is 0 Å². The first-order chi connectivity index (χ1) is 4.95. The van der Waals surface area contributed by atoms with Crippen LogP contribution in [0.15, 0.2) is 0 Å². The second-order valence-corrected chi connectivity index (χ2v) is 1.05. The summed E-state index contributed by atoms with van der Waals surface area (Å²) in [6.07, 6.45) is -3.82. The molecule has 2 unspecified atom stereocenters. The molecule has 1 nitrogen and oxygen atoms in total. The third kappa shape index (κ3) is 5.67. The van der Waals surface area contributed by atoms with Crippen molar-refractivity contribution in [2.45, 2.75) is 32.5 Å². The summed E-state index contributed by atoms with van der Waals surface area (Å²) in [5, 5.41) is 0. The van der Waals surface area contributed by atoms with E-state index in [1.807, 2.05) is 0 Å².